The van der Waals surface area contributed by atoms with E-state index in [1.807, 2.05) is 13.8 Å². The third kappa shape index (κ3) is 3.34. The van der Waals surface area contributed by atoms with Gasteiger partial charge in [0.1, 0.15) is 4.99 Å². The Morgan fingerprint density at radius 1 is 1.43 bits per heavy atom. The Kier molecular flexibility index (Phi) is 3.73. The van der Waals surface area contributed by atoms with E-state index in [1.165, 1.54) is 6.07 Å². The van der Waals surface area contributed by atoms with Crippen molar-refractivity contribution in [1.82, 2.24) is 0 Å². The van der Waals surface area contributed by atoms with Crippen LogP contribution in [-0.4, -0.2) is 10.9 Å². The molecule has 7 heteroatoms. The molecule has 1 saturated carbocycles. The highest BCUT2D eigenvalue weighted by Crippen LogP contribution is 2.52. The van der Waals surface area contributed by atoms with Gasteiger partial charge in [0, 0.05) is 11.5 Å². The average Bonchev–Trinajstić information content (AvgIpc) is 2.97. The van der Waals surface area contributed by atoms with Crippen molar-refractivity contribution in [1.29, 1.82) is 0 Å². The fourth-order valence-corrected chi connectivity index (χ4v) is 2.34. The molecule has 0 radical (unpaired) electrons. The molecule has 1 aromatic rings. The summed E-state index contributed by atoms with van der Waals surface area (Å²) >= 11 is 4.77. The van der Waals surface area contributed by atoms with E-state index >= 15 is 0 Å². The molecule has 0 heterocycles. The van der Waals surface area contributed by atoms with E-state index in [1.54, 1.807) is 0 Å². The number of halogens is 3. The lowest BCUT2D eigenvalue weighted by molar-refractivity contribution is -0.137. The van der Waals surface area contributed by atoms with Crippen molar-refractivity contribution in [3.63, 3.8) is 0 Å². The maximum Gasteiger partial charge on any atom is 0.416 e. The van der Waals surface area contributed by atoms with Crippen molar-refractivity contribution in [3.05, 3.63) is 29.3 Å². The first-order valence-electron chi connectivity index (χ1n) is 6.34. The summed E-state index contributed by atoms with van der Waals surface area (Å²) in [6.45, 7) is 3.91. The van der Waals surface area contributed by atoms with Gasteiger partial charge in [-0.2, -0.15) is 13.2 Å². The van der Waals surface area contributed by atoms with E-state index in [-0.39, 0.29) is 33.5 Å². The zero-order chi connectivity index (χ0) is 16.0. The van der Waals surface area contributed by atoms with Crippen molar-refractivity contribution in [2.24, 2.45) is 17.1 Å². The van der Waals surface area contributed by atoms with Gasteiger partial charge < -0.3 is 11.1 Å². The molecule has 2 rings (SSSR count). The van der Waals surface area contributed by atoms with Crippen molar-refractivity contribution in [3.8, 4) is 0 Å². The van der Waals surface area contributed by atoms with Gasteiger partial charge in [-0.1, -0.05) is 26.1 Å². The molecule has 0 aliphatic heterocycles. The monoisotopic (exact) mass is 316 g/mol. The Morgan fingerprint density at radius 3 is 2.43 bits per heavy atom. The molecule has 3 N–H and O–H groups in total. The Morgan fingerprint density at radius 2 is 2.00 bits per heavy atom. The maximum absolute atomic E-state index is 12.7. The zero-order valence-corrected chi connectivity index (χ0v) is 12.4. The van der Waals surface area contributed by atoms with Gasteiger partial charge in [-0.25, -0.2) is 0 Å². The van der Waals surface area contributed by atoms with Crippen molar-refractivity contribution in [2.75, 3.05) is 5.32 Å². The highest BCUT2D eigenvalue weighted by Gasteiger charge is 2.50. The van der Waals surface area contributed by atoms with Gasteiger partial charge >= 0.3 is 6.18 Å². The maximum atomic E-state index is 12.7. The van der Waals surface area contributed by atoms with E-state index < -0.39 is 11.7 Å². The number of hydrogen-bond acceptors (Lipinski definition) is 2. The molecule has 1 aliphatic carbocycles. The molecule has 0 aromatic heterocycles. The first-order chi connectivity index (χ1) is 9.52. The van der Waals surface area contributed by atoms with Gasteiger partial charge in [0.25, 0.3) is 0 Å². The summed E-state index contributed by atoms with van der Waals surface area (Å²) in [5.74, 6) is -0.365. The van der Waals surface area contributed by atoms with E-state index in [0.29, 0.717) is 0 Å². The van der Waals surface area contributed by atoms with E-state index in [2.05, 4.69) is 5.32 Å². The average molecular weight is 316 g/mol. The number of amides is 1. The van der Waals surface area contributed by atoms with Crippen LogP contribution in [0.4, 0.5) is 18.9 Å². The number of anilines is 1. The summed E-state index contributed by atoms with van der Waals surface area (Å²) in [5.41, 5.74) is 4.77. The van der Waals surface area contributed by atoms with Crippen LogP contribution in [0.1, 0.15) is 31.4 Å². The number of carbonyl (C=O) groups is 1. The smallest absolute Gasteiger partial charge is 0.389 e. The molecule has 1 aromatic carbocycles. The molecule has 21 heavy (non-hydrogen) atoms. The molecule has 1 atom stereocenters. The summed E-state index contributed by atoms with van der Waals surface area (Å²) in [6, 6.07) is 2.94. The Hall–Kier alpha value is -1.63. The van der Waals surface area contributed by atoms with Crippen LogP contribution in [0.5, 0.6) is 0 Å². The third-order valence-corrected chi connectivity index (χ3v) is 3.92. The standard InChI is InChI=1S/C14H15F3N2OS/c1-13(2)6-9(13)12(20)19-10-4-3-7(14(15,16)17)5-8(10)11(18)21/h3-5,9H,6H2,1-2H3,(H2,18,21)(H,19,20). The Balaban J connectivity index is 2.27. The van der Waals surface area contributed by atoms with Gasteiger partial charge in [-0.15, -0.1) is 0 Å². The molecule has 1 aliphatic rings. The minimum absolute atomic E-state index is 0.0200. The molecule has 1 unspecified atom stereocenters. The fraction of sp³-hybridized carbons (Fsp3) is 0.429. The van der Waals surface area contributed by atoms with Crippen molar-refractivity contribution >= 4 is 28.8 Å². The SMILES string of the molecule is CC1(C)CC1C(=O)Nc1ccc(C(F)(F)F)cc1C(N)=S. The second-order valence-corrected chi connectivity index (χ2v) is 6.30. The van der Waals surface area contributed by atoms with Gasteiger partial charge in [0.15, 0.2) is 0 Å². The van der Waals surface area contributed by atoms with Crippen LogP contribution in [0.3, 0.4) is 0 Å². The van der Waals surface area contributed by atoms with Gasteiger partial charge in [0.2, 0.25) is 5.91 Å². The summed E-state index contributed by atoms with van der Waals surface area (Å²) < 4.78 is 38.1. The number of nitrogens with two attached hydrogens (primary N) is 1. The van der Waals surface area contributed by atoms with E-state index in [9.17, 15) is 18.0 Å². The Labute approximate surface area is 125 Å². The van der Waals surface area contributed by atoms with Crippen LogP contribution in [-0.2, 0) is 11.0 Å². The lowest BCUT2D eigenvalue weighted by Gasteiger charge is -2.14. The number of carbonyl (C=O) groups excluding carboxylic acids is 1. The molecular formula is C14H15F3N2OS. The van der Waals surface area contributed by atoms with Crippen molar-refractivity contribution < 1.29 is 18.0 Å². The Bertz CT molecular complexity index is 611. The number of benzene rings is 1. The normalized spacial score (nSPS) is 20.0. The number of thiocarbonyl (C=S) groups is 1. The minimum Gasteiger partial charge on any atom is -0.389 e. The van der Waals surface area contributed by atoms with Gasteiger partial charge in [-0.3, -0.25) is 4.79 Å². The highest BCUT2D eigenvalue weighted by molar-refractivity contribution is 7.80. The van der Waals surface area contributed by atoms with Crippen LogP contribution in [0.2, 0.25) is 0 Å². The number of nitrogens with one attached hydrogen (secondary N) is 1. The highest BCUT2D eigenvalue weighted by atomic mass is 32.1. The largest absolute Gasteiger partial charge is 0.416 e. The summed E-state index contributed by atoms with van der Waals surface area (Å²) in [7, 11) is 0. The first kappa shape index (κ1) is 15.8. The van der Waals surface area contributed by atoms with Crippen LogP contribution in [0, 0.1) is 11.3 Å². The molecule has 1 fully saturated rings. The van der Waals surface area contributed by atoms with Crippen LogP contribution < -0.4 is 11.1 Å². The van der Waals surface area contributed by atoms with Crippen LogP contribution in [0.25, 0.3) is 0 Å². The molecule has 114 valence electrons. The summed E-state index contributed by atoms with van der Waals surface area (Å²) in [6.07, 6.45) is -3.73. The minimum atomic E-state index is -4.49. The van der Waals surface area contributed by atoms with E-state index in [0.717, 1.165) is 18.6 Å². The lowest BCUT2D eigenvalue weighted by atomic mass is 10.1. The molecule has 0 spiro atoms. The van der Waals surface area contributed by atoms with E-state index in [4.69, 9.17) is 18.0 Å². The zero-order valence-electron chi connectivity index (χ0n) is 11.5. The van der Waals surface area contributed by atoms with Crippen LogP contribution in [0.15, 0.2) is 18.2 Å². The first-order valence-corrected chi connectivity index (χ1v) is 6.75. The molecule has 1 amide bonds. The lowest BCUT2D eigenvalue weighted by Crippen LogP contribution is -2.21. The third-order valence-electron chi connectivity index (χ3n) is 3.70. The molecule has 3 nitrogen and oxygen atoms in total. The molecule has 0 bridgehead atoms. The number of rotatable bonds is 3. The van der Waals surface area contributed by atoms with Gasteiger partial charge in [-0.05, 0) is 30.0 Å². The second-order valence-electron chi connectivity index (χ2n) is 5.86. The van der Waals surface area contributed by atoms with Crippen molar-refractivity contribution in [2.45, 2.75) is 26.4 Å². The number of alkyl halides is 3. The summed E-state index contributed by atoms with van der Waals surface area (Å²) in [4.78, 5) is 11.8. The summed E-state index contributed by atoms with van der Waals surface area (Å²) in [5, 5.41) is 2.61. The van der Waals surface area contributed by atoms with Gasteiger partial charge in [0.05, 0.1) is 11.3 Å². The number of hydrogen-bond donors (Lipinski definition) is 2. The predicted octanol–water partition coefficient (Wildman–Crippen LogP) is 3.32. The fourth-order valence-electron chi connectivity index (χ4n) is 2.17. The second kappa shape index (κ2) is 4.98. The van der Waals surface area contributed by atoms with Crippen LogP contribution >= 0.6 is 12.2 Å². The molecule has 0 saturated heterocycles. The quantitative estimate of drug-likeness (QED) is 0.841. The topological polar surface area (TPSA) is 55.1 Å². The molecular weight excluding hydrogens is 301 g/mol. The predicted molar refractivity (Wildman–Crippen MR) is 77.8 cm³/mol.